The van der Waals surface area contributed by atoms with E-state index in [4.69, 9.17) is 16.3 Å². The summed E-state index contributed by atoms with van der Waals surface area (Å²) in [6.45, 7) is -0.0838. The summed E-state index contributed by atoms with van der Waals surface area (Å²) >= 11 is 6.01. The van der Waals surface area contributed by atoms with Crippen LogP contribution in [-0.2, 0) is 4.79 Å². The summed E-state index contributed by atoms with van der Waals surface area (Å²) in [6, 6.07) is 9.30. The standard InChI is InChI=1S/C17H20ClN3O2/c18-14-8-4-5-9-15(14)23-12-17(22)20-16-10-11-19-21(16)13-6-2-1-3-7-13/h4-5,8-11,13H,1-3,6-7,12H2,(H,20,22). The van der Waals surface area contributed by atoms with E-state index in [-0.39, 0.29) is 12.5 Å². The van der Waals surface area contributed by atoms with Gasteiger partial charge in [-0.05, 0) is 25.0 Å². The zero-order valence-electron chi connectivity index (χ0n) is 12.9. The summed E-state index contributed by atoms with van der Waals surface area (Å²) < 4.78 is 7.38. The monoisotopic (exact) mass is 333 g/mol. The van der Waals surface area contributed by atoms with Gasteiger partial charge < -0.3 is 10.1 Å². The first-order valence-corrected chi connectivity index (χ1v) is 8.32. The molecule has 0 bridgehead atoms. The third-order valence-electron chi connectivity index (χ3n) is 4.05. The molecule has 0 atom stereocenters. The smallest absolute Gasteiger partial charge is 0.263 e. The van der Waals surface area contributed by atoms with E-state index >= 15 is 0 Å². The lowest BCUT2D eigenvalue weighted by molar-refractivity contribution is -0.118. The largest absolute Gasteiger partial charge is 0.482 e. The summed E-state index contributed by atoms with van der Waals surface area (Å²) in [5.74, 6) is 1.01. The van der Waals surface area contributed by atoms with Gasteiger partial charge in [0, 0.05) is 6.07 Å². The molecule has 1 fully saturated rings. The molecule has 1 N–H and O–H groups in total. The van der Waals surface area contributed by atoms with Gasteiger partial charge in [0.25, 0.3) is 5.91 Å². The van der Waals surface area contributed by atoms with Crippen molar-refractivity contribution in [3.63, 3.8) is 0 Å². The Balaban J connectivity index is 1.58. The molecule has 1 aromatic carbocycles. The molecule has 0 saturated heterocycles. The van der Waals surface area contributed by atoms with Crippen molar-refractivity contribution in [1.29, 1.82) is 0 Å². The van der Waals surface area contributed by atoms with E-state index in [0.717, 1.165) is 18.7 Å². The molecule has 0 aliphatic heterocycles. The molecule has 3 rings (SSSR count). The molecule has 0 unspecified atom stereocenters. The predicted octanol–water partition coefficient (Wildman–Crippen LogP) is 4.06. The molecule has 23 heavy (non-hydrogen) atoms. The second-order valence-corrected chi connectivity index (χ2v) is 6.13. The summed E-state index contributed by atoms with van der Waals surface area (Å²) in [6.07, 6.45) is 7.66. The number of hydrogen-bond acceptors (Lipinski definition) is 3. The summed E-state index contributed by atoms with van der Waals surface area (Å²) in [7, 11) is 0. The maximum atomic E-state index is 12.1. The topological polar surface area (TPSA) is 56.1 Å². The molecule has 1 aliphatic rings. The maximum Gasteiger partial charge on any atom is 0.263 e. The van der Waals surface area contributed by atoms with Crippen LogP contribution in [0.4, 0.5) is 5.82 Å². The average molecular weight is 334 g/mol. The van der Waals surface area contributed by atoms with E-state index in [1.807, 2.05) is 22.9 Å². The van der Waals surface area contributed by atoms with Gasteiger partial charge in [0.2, 0.25) is 0 Å². The lowest BCUT2D eigenvalue weighted by atomic mass is 9.96. The highest BCUT2D eigenvalue weighted by molar-refractivity contribution is 6.32. The number of hydrogen-bond donors (Lipinski definition) is 1. The van der Waals surface area contributed by atoms with Gasteiger partial charge in [-0.3, -0.25) is 4.79 Å². The number of amides is 1. The number of benzene rings is 1. The number of ether oxygens (including phenoxy) is 1. The highest BCUT2D eigenvalue weighted by Crippen LogP contribution is 2.30. The SMILES string of the molecule is O=C(COc1ccccc1Cl)Nc1ccnn1C1CCCCC1. The van der Waals surface area contributed by atoms with Crippen molar-refractivity contribution in [2.24, 2.45) is 0 Å². The molecule has 0 radical (unpaired) electrons. The van der Waals surface area contributed by atoms with Gasteiger partial charge in [0.05, 0.1) is 17.3 Å². The first-order chi connectivity index (χ1) is 11.2. The minimum absolute atomic E-state index is 0.0838. The van der Waals surface area contributed by atoms with Crippen molar-refractivity contribution in [2.45, 2.75) is 38.1 Å². The Kier molecular flexibility index (Phi) is 5.18. The predicted molar refractivity (Wildman–Crippen MR) is 89.9 cm³/mol. The number of carbonyl (C=O) groups excluding carboxylic acids is 1. The summed E-state index contributed by atoms with van der Waals surface area (Å²) in [5, 5.41) is 7.73. The van der Waals surface area contributed by atoms with Gasteiger partial charge >= 0.3 is 0 Å². The minimum Gasteiger partial charge on any atom is -0.482 e. The van der Waals surface area contributed by atoms with Gasteiger partial charge in [0.15, 0.2) is 6.61 Å². The van der Waals surface area contributed by atoms with Crippen LogP contribution in [0.3, 0.4) is 0 Å². The van der Waals surface area contributed by atoms with Crippen molar-refractivity contribution >= 4 is 23.3 Å². The molecule has 6 heteroatoms. The van der Waals surface area contributed by atoms with E-state index < -0.39 is 0 Å². The molecule has 1 amide bonds. The molecule has 5 nitrogen and oxygen atoms in total. The van der Waals surface area contributed by atoms with Crippen molar-refractivity contribution in [1.82, 2.24) is 9.78 Å². The van der Waals surface area contributed by atoms with Crippen LogP contribution in [-0.4, -0.2) is 22.3 Å². The van der Waals surface area contributed by atoms with Crippen molar-refractivity contribution in [2.75, 3.05) is 11.9 Å². The fourth-order valence-corrected chi connectivity index (χ4v) is 3.10. The molecule has 1 aliphatic carbocycles. The van der Waals surface area contributed by atoms with Crippen molar-refractivity contribution < 1.29 is 9.53 Å². The van der Waals surface area contributed by atoms with Crippen LogP contribution in [0, 0.1) is 0 Å². The molecule has 2 aromatic rings. The number of nitrogens with zero attached hydrogens (tertiary/aromatic N) is 2. The molecule has 1 aromatic heterocycles. The van der Waals surface area contributed by atoms with Crippen LogP contribution >= 0.6 is 11.6 Å². The zero-order chi connectivity index (χ0) is 16.1. The van der Waals surface area contributed by atoms with Crippen LogP contribution in [0.2, 0.25) is 5.02 Å². The molecule has 0 spiro atoms. The first kappa shape index (κ1) is 15.9. The quantitative estimate of drug-likeness (QED) is 0.897. The third-order valence-corrected chi connectivity index (χ3v) is 4.37. The Labute approximate surface area is 140 Å². The number of halogens is 1. The number of rotatable bonds is 5. The third kappa shape index (κ3) is 4.05. The van der Waals surface area contributed by atoms with E-state index in [1.54, 1.807) is 18.3 Å². The lowest BCUT2D eigenvalue weighted by Crippen LogP contribution is -2.24. The average Bonchev–Trinajstić information content (AvgIpc) is 3.03. The minimum atomic E-state index is -0.220. The number of anilines is 1. The van der Waals surface area contributed by atoms with Crippen molar-refractivity contribution in [3.05, 3.63) is 41.6 Å². The van der Waals surface area contributed by atoms with E-state index in [0.29, 0.717) is 16.8 Å². The Morgan fingerprint density at radius 1 is 1.26 bits per heavy atom. The Morgan fingerprint density at radius 2 is 2.04 bits per heavy atom. The van der Waals surface area contributed by atoms with Gasteiger partial charge in [-0.2, -0.15) is 5.10 Å². The second kappa shape index (κ2) is 7.51. The first-order valence-electron chi connectivity index (χ1n) is 7.95. The lowest BCUT2D eigenvalue weighted by Gasteiger charge is -2.23. The van der Waals surface area contributed by atoms with E-state index in [2.05, 4.69) is 10.4 Å². The maximum absolute atomic E-state index is 12.1. The summed E-state index contributed by atoms with van der Waals surface area (Å²) in [4.78, 5) is 12.1. The molecule has 1 saturated carbocycles. The highest BCUT2D eigenvalue weighted by Gasteiger charge is 2.19. The van der Waals surface area contributed by atoms with Gasteiger partial charge in [-0.25, -0.2) is 4.68 Å². The molecule has 1 heterocycles. The fraction of sp³-hybridized carbons (Fsp3) is 0.412. The Bertz CT molecular complexity index is 665. The Hall–Kier alpha value is -2.01. The number of carbonyl (C=O) groups is 1. The number of nitrogens with one attached hydrogen (secondary N) is 1. The molecule has 122 valence electrons. The van der Waals surface area contributed by atoms with Crippen LogP contribution in [0.25, 0.3) is 0 Å². The van der Waals surface area contributed by atoms with E-state index in [9.17, 15) is 4.79 Å². The number of para-hydroxylation sites is 1. The molecular formula is C17H20ClN3O2. The van der Waals surface area contributed by atoms with Crippen LogP contribution in [0.5, 0.6) is 5.75 Å². The second-order valence-electron chi connectivity index (χ2n) is 5.72. The Morgan fingerprint density at radius 3 is 2.83 bits per heavy atom. The van der Waals surface area contributed by atoms with Crippen LogP contribution in [0.1, 0.15) is 38.1 Å². The van der Waals surface area contributed by atoms with Gasteiger partial charge in [0.1, 0.15) is 11.6 Å². The van der Waals surface area contributed by atoms with Crippen molar-refractivity contribution in [3.8, 4) is 5.75 Å². The van der Waals surface area contributed by atoms with Gasteiger partial charge in [-0.1, -0.05) is 43.0 Å². The van der Waals surface area contributed by atoms with Crippen LogP contribution < -0.4 is 10.1 Å². The van der Waals surface area contributed by atoms with Gasteiger partial charge in [-0.15, -0.1) is 0 Å². The van der Waals surface area contributed by atoms with E-state index in [1.165, 1.54) is 19.3 Å². The zero-order valence-corrected chi connectivity index (χ0v) is 13.6. The normalized spacial score (nSPS) is 15.3. The summed E-state index contributed by atoms with van der Waals surface area (Å²) in [5.41, 5.74) is 0. The fourth-order valence-electron chi connectivity index (χ4n) is 2.91. The highest BCUT2D eigenvalue weighted by atomic mass is 35.5. The molecular weight excluding hydrogens is 314 g/mol. The number of aromatic nitrogens is 2. The van der Waals surface area contributed by atoms with Crippen LogP contribution in [0.15, 0.2) is 36.5 Å².